The summed E-state index contributed by atoms with van der Waals surface area (Å²) in [4.78, 5) is 0. The quantitative estimate of drug-likeness (QED) is 0.267. The largest absolute Gasteiger partial charge is 0.371 e. The van der Waals surface area contributed by atoms with Gasteiger partial charge < -0.3 is 9.13 Å². The molecule has 24 heavy (non-hydrogen) atoms. The molecule has 1 heterocycles. The molecular weight excluding hydrogens is 596 g/mol. The first kappa shape index (κ1) is 21.5. The maximum atomic E-state index is 4.30. The Hall–Kier alpha value is 1.17. The third kappa shape index (κ3) is 4.35. The Labute approximate surface area is 180 Å². The molecule has 136 valence electrons. The molecule has 1 aliphatic heterocycles. The van der Waals surface area contributed by atoms with Gasteiger partial charge in [0.15, 0.2) is 0 Å². The highest BCUT2D eigenvalue weighted by Crippen LogP contribution is 2.55. The minimum Gasteiger partial charge on any atom is -0.371 e. The monoisotopic (exact) mass is 618 g/mol. The van der Waals surface area contributed by atoms with Crippen molar-refractivity contribution >= 4 is 82.5 Å². The molecule has 1 aromatic rings. The standard InChI is InChI=1S/C16H26Br4N2Si2/c1-15(2,3)11-21-13-9-7-8-10-14(13)22(12-16(4,5)6)24(21,20)23(17,18)19/h7-10H,11-12H2,1-6H3. The minimum absolute atomic E-state index is 0.212. The average molecular weight is 622 g/mol. The van der Waals surface area contributed by atoms with Crippen molar-refractivity contribution < 1.29 is 0 Å². The van der Waals surface area contributed by atoms with Crippen LogP contribution in [0.3, 0.4) is 0 Å². The molecule has 0 amide bonds. The molecule has 1 aromatic carbocycles. The third-order valence-electron chi connectivity index (χ3n) is 3.80. The van der Waals surface area contributed by atoms with Gasteiger partial charge in [-0.2, -0.15) is 0 Å². The maximum absolute atomic E-state index is 4.30. The molecule has 0 aliphatic carbocycles. The van der Waals surface area contributed by atoms with Crippen molar-refractivity contribution in [2.24, 2.45) is 10.8 Å². The van der Waals surface area contributed by atoms with Crippen LogP contribution >= 0.6 is 61.2 Å². The molecular formula is C16H26Br4N2Si2. The van der Waals surface area contributed by atoms with Crippen molar-refractivity contribution in [1.82, 2.24) is 0 Å². The van der Waals surface area contributed by atoms with E-state index in [1.165, 1.54) is 11.4 Å². The van der Waals surface area contributed by atoms with Gasteiger partial charge in [-0.3, -0.25) is 0 Å². The topological polar surface area (TPSA) is 6.48 Å². The summed E-state index contributed by atoms with van der Waals surface area (Å²) in [5.41, 5.74) is 3.11. The first-order chi connectivity index (χ1) is 10.7. The zero-order valence-corrected chi connectivity index (χ0v) is 23.5. The lowest BCUT2D eigenvalue weighted by Crippen LogP contribution is -2.70. The van der Waals surface area contributed by atoms with Crippen LogP contribution in [0.25, 0.3) is 0 Å². The van der Waals surface area contributed by atoms with Gasteiger partial charge in [0.2, 0.25) is 0 Å². The predicted molar refractivity (Wildman–Crippen MR) is 127 cm³/mol. The second-order valence-electron chi connectivity index (χ2n) is 8.87. The van der Waals surface area contributed by atoms with E-state index >= 15 is 0 Å². The number of halogens is 4. The zero-order chi connectivity index (χ0) is 18.6. The summed E-state index contributed by atoms with van der Waals surface area (Å²) >= 11 is 16.4. The highest BCUT2D eigenvalue weighted by molar-refractivity contribution is 9.76. The van der Waals surface area contributed by atoms with Crippen molar-refractivity contribution in [3.8, 4) is 0 Å². The zero-order valence-electron chi connectivity index (χ0n) is 15.1. The van der Waals surface area contributed by atoms with Crippen molar-refractivity contribution in [3.05, 3.63) is 24.3 Å². The summed E-state index contributed by atoms with van der Waals surface area (Å²) < 4.78 is 3.25. The summed E-state index contributed by atoms with van der Waals surface area (Å²) in [6, 6.07) is 8.83. The average Bonchev–Trinajstić information content (AvgIpc) is 2.59. The Morgan fingerprint density at radius 1 is 0.833 bits per heavy atom. The number of rotatable bonds is 3. The third-order valence-corrected chi connectivity index (χ3v) is 47.8. The Balaban J connectivity index is 2.65. The van der Waals surface area contributed by atoms with E-state index < -0.39 is 9.98 Å². The molecule has 0 atom stereocenters. The molecule has 0 fully saturated rings. The van der Waals surface area contributed by atoms with Gasteiger partial charge in [0.25, 0.3) is 0 Å². The fraction of sp³-hybridized carbons (Fsp3) is 0.625. The van der Waals surface area contributed by atoms with Crippen LogP contribution in [0, 0.1) is 10.8 Å². The molecule has 0 spiro atoms. The summed E-state index contributed by atoms with van der Waals surface area (Å²) in [5.74, 6) is 0. The Bertz CT molecular complexity index is 562. The molecule has 0 saturated carbocycles. The van der Waals surface area contributed by atoms with Crippen LogP contribution in [-0.4, -0.2) is 23.1 Å². The lowest BCUT2D eigenvalue weighted by molar-refractivity contribution is 0.425. The maximum Gasteiger partial charge on any atom is 0.357 e. The van der Waals surface area contributed by atoms with Crippen LogP contribution in [0.15, 0.2) is 24.3 Å². The lowest BCUT2D eigenvalue weighted by Gasteiger charge is -2.46. The first-order valence-electron chi connectivity index (χ1n) is 8.07. The summed E-state index contributed by atoms with van der Waals surface area (Å²) in [7, 11) is 0. The number of benzene rings is 1. The van der Waals surface area contributed by atoms with E-state index in [4.69, 9.17) is 0 Å². The highest BCUT2D eigenvalue weighted by Gasteiger charge is 2.65. The van der Waals surface area contributed by atoms with Crippen LogP contribution in [0.2, 0.25) is 0 Å². The number of hydrogen-bond acceptors (Lipinski definition) is 2. The smallest absolute Gasteiger partial charge is 0.357 e. The SMILES string of the molecule is CC(C)(C)CN1c2ccccc2N(CC(C)(C)C)[Si]1(Br)[Si](Br)(Br)Br. The lowest BCUT2D eigenvalue weighted by atomic mass is 9.96. The Kier molecular flexibility index (Phi) is 6.23. The van der Waals surface area contributed by atoms with Gasteiger partial charge in [-0.1, -0.05) is 115 Å². The van der Waals surface area contributed by atoms with Crippen LogP contribution in [0.1, 0.15) is 41.5 Å². The second-order valence-corrected chi connectivity index (χ2v) is 48.8. The van der Waals surface area contributed by atoms with E-state index in [-0.39, 0.29) is 10.8 Å². The number of anilines is 2. The molecule has 0 radical (unpaired) electrons. The number of fused-ring (bicyclic) bond motifs is 1. The van der Waals surface area contributed by atoms with Crippen LogP contribution in [0.5, 0.6) is 0 Å². The normalized spacial score (nSPS) is 18.1. The first-order valence-corrected chi connectivity index (χ1v) is 22.0. The number of para-hydroxylation sites is 2. The molecule has 0 N–H and O–H groups in total. The van der Waals surface area contributed by atoms with Gasteiger partial charge >= 0.3 is 9.98 Å². The van der Waals surface area contributed by atoms with E-state index in [1.54, 1.807) is 0 Å². The number of nitrogens with zero attached hydrogens (tertiary/aromatic N) is 2. The fourth-order valence-electron chi connectivity index (χ4n) is 3.02. The molecule has 0 aromatic heterocycles. The van der Waals surface area contributed by atoms with Crippen LogP contribution in [-0.2, 0) is 0 Å². The van der Waals surface area contributed by atoms with E-state index in [0.29, 0.717) is 0 Å². The Morgan fingerprint density at radius 3 is 1.42 bits per heavy atom. The minimum atomic E-state index is -2.20. The predicted octanol–water partition coefficient (Wildman–Crippen LogP) is 6.94. The van der Waals surface area contributed by atoms with Crippen LogP contribution in [0.4, 0.5) is 11.4 Å². The second kappa shape index (κ2) is 6.96. The fourth-order valence-corrected chi connectivity index (χ4v) is 22.8. The summed E-state index contributed by atoms with van der Waals surface area (Å²) in [5, 5.41) is 0. The molecule has 2 nitrogen and oxygen atoms in total. The van der Waals surface area contributed by atoms with Gasteiger partial charge in [-0.05, 0) is 23.0 Å². The highest BCUT2D eigenvalue weighted by atomic mass is 80.0. The van der Waals surface area contributed by atoms with Gasteiger partial charge in [0.1, 0.15) is 0 Å². The van der Waals surface area contributed by atoms with Crippen molar-refractivity contribution in [3.63, 3.8) is 0 Å². The van der Waals surface area contributed by atoms with Gasteiger partial charge in [0.05, 0.1) is 11.4 Å². The van der Waals surface area contributed by atoms with E-state index in [0.717, 1.165) is 13.1 Å². The number of hydrogen-bond donors (Lipinski definition) is 0. The van der Waals surface area contributed by atoms with E-state index in [9.17, 15) is 0 Å². The molecule has 8 heteroatoms. The van der Waals surface area contributed by atoms with Crippen LogP contribution < -0.4 is 9.13 Å². The van der Waals surface area contributed by atoms with Gasteiger partial charge in [-0.15, -0.1) is 0 Å². The van der Waals surface area contributed by atoms with Gasteiger partial charge in [-0.25, -0.2) is 0 Å². The van der Waals surface area contributed by atoms with Gasteiger partial charge in [0, 0.05) is 13.1 Å². The van der Waals surface area contributed by atoms with E-state index in [1.807, 2.05) is 0 Å². The van der Waals surface area contributed by atoms with Crippen molar-refractivity contribution in [2.45, 2.75) is 41.5 Å². The summed E-state index contributed by atoms with van der Waals surface area (Å²) in [6.45, 7) is 13.7. The van der Waals surface area contributed by atoms with Crippen molar-refractivity contribution in [2.75, 3.05) is 22.2 Å². The van der Waals surface area contributed by atoms with E-state index in [2.05, 4.69) is 136 Å². The molecule has 0 unspecified atom stereocenters. The molecule has 1 aliphatic rings. The molecule has 2 rings (SSSR count). The molecule has 0 saturated heterocycles. The molecule has 0 bridgehead atoms. The van der Waals surface area contributed by atoms with Crippen molar-refractivity contribution in [1.29, 1.82) is 0 Å². The Morgan fingerprint density at radius 2 is 1.17 bits per heavy atom. The summed E-state index contributed by atoms with van der Waals surface area (Å²) in [6.07, 6.45) is 0.